The van der Waals surface area contributed by atoms with E-state index in [4.69, 9.17) is 0 Å². The molecule has 0 spiro atoms. The van der Waals surface area contributed by atoms with Crippen molar-refractivity contribution in [1.82, 2.24) is 14.9 Å². The molecule has 23 heavy (non-hydrogen) atoms. The first kappa shape index (κ1) is 19.2. The smallest absolute Gasteiger partial charge is 0.328 e. The van der Waals surface area contributed by atoms with Crippen molar-refractivity contribution in [2.24, 2.45) is 4.99 Å². The molecule has 0 aliphatic carbocycles. The van der Waals surface area contributed by atoms with Gasteiger partial charge in [0, 0.05) is 6.04 Å². The molecule has 7 nitrogen and oxygen atoms in total. The van der Waals surface area contributed by atoms with Gasteiger partial charge in [0.2, 0.25) is 5.88 Å². The van der Waals surface area contributed by atoms with Crippen molar-refractivity contribution < 1.29 is 5.11 Å². The minimum Gasteiger partial charge on any atom is -0.494 e. The molecule has 0 aliphatic rings. The van der Waals surface area contributed by atoms with Crippen LogP contribution in [0.25, 0.3) is 0 Å². The summed E-state index contributed by atoms with van der Waals surface area (Å²) in [5.74, 6) is -0.422. The van der Waals surface area contributed by atoms with Crippen LogP contribution in [0, 0.1) is 0 Å². The third kappa shape index (κ3) is 5.67. The topological polar surface area (TPSA) is 102 Å². The number of rotatable bonds is 9. The van der Waals surface area contributed by atoms with Gasteiger partial charge in [-0.15, -0.1) is 0 Å². The lowest BCUT2D eigenvalue weighted by atomic mass is 10.1. The Labute approximate surface area is 136 Å². The zero-order valence-corrected chi connectivity index (χ0v) is 14.5. The van der Waals surface area contributed by atoms with Crippen LogP contribution in [0.5, 0.6) is 5.88 Å². The molecule has 0 aromatic carbocycles. The molecular weight excluding hydrogens is 296 g/mol. The zero-order valence-electron chi connectivity index (χ0n) is 14.5. The Bertz CT molecular complexity index is 629. The van der Waals surface area contributed by atoms with Gasteiger partial charge < -0.3 is 10.0 Å². The summed E-state index contributed by atoms with van der Waals surface area (Å²) in [6.45, 7) is 11.3. The summed E-state index contributed by atoms with van der Waals surface area (Å²) in [4.78, 5) is 34.3. The molecule has 0 aliphatic heterocycles. The highest BCUT2D eigenvalue weighted by Crippen LogP contribution is 2.12. The van der Waals surface area contributed by atoms with Crippen molar-refractivity contribution in [3.05, 3.63) is 26.4 Å². The number of H-pyrrole nitrogens is 2. The second kappa shape index (κ2) is 9.29. The predicted molar refractivity (Wildman–Crippen MR) is 92.7 cm³/mol. The Balaban J connectivity index is 2.83. The van der Waals surface area contributed by atoms with Gasteiger partial charge in [0.1, 0.15) is 5.56 Å². The average Bonchev–Trinajstić information content (AvgIpc) is 2.49. The highest BCUT2D eigenvalue weighted by molar-refractivity contribution is 6.01. The molecule has 0 bridgehead atoms. The molecule has 1 heterocycles. The van der Waals surface area contributed by atoms with Crippen LogP contribution in [0.4, 0.5) is 0 Å². The fourth-order valence-corrected chi connectivity index (χ4v) is 2.56. The largest absolute Gasteiger partial charge is 0.494 e. The first-order valence-corrected chi connectivity index (χ1v) is 8.27. The number of nitrogens with one attached hydrogen (secondary N) is 2. The van der Waals surface area contributed by atoms with Crippen molar-refractivity contribution >= 4 is 5.71 Å². The number of aliphatic imine (C=N–C) groups is 1. The van der Waals surface area contributed by atoms with Crippen molar-refractivity contribution in [2.75, 3.05) is 19.6 Å². The van der Waals surface area contributed by atoms with E-state index in [1.807, 2.05) is 13.8 Å². The Hall–Kier alpha value is -1.89. The number of hydrogen-bond acceptors (Lipinski definition) is 5. The van der Waals surface area contributed by atoms with Gasteiger partial charge in [0.25, 0.3) is 5.56 Å². The fraction of sp³-hybridized carbons (Fsp3) is 0.688. The van der Waals surface area contributed by atoms with E-state index in [0.29, 0.717) is 12.1 Å². The van der Waals surface area contributed by atoms with Crippen LogP contribution in [0.3, 0.4) is 0 Å². The van der Waals surface area contributed by atoms with Gasteiger partial charge in [0.15, 0.2) is 0 Å². The Morgan fingerprint density at radius 3 is 2.39 bits per heavy atom. The number of nitrogens with zero attached hydrogens (tertiary/aromatic N) is 2. The van der Waals surface area contributed by atoms with Crippen LogP contribution < -0.4 is 11.2 Å². The third-order valence-electron chi connectivity index (χ3n) is 3.91. The maximum absolute atomic E-state index is 11.9. The van der Waals surface area contributed by atoms with E-state index in [-0.39, 0.29) is 11.6 Å². The van der Waals surface area contributed by atoms with Gasteiger partial charge in [-0.3, -0.25) is 19.8 Å². The first-order valence-electron chi connectivity index (χ1n) is 8.27. The molecule has 3 N–H and O–H groups in total. The maximum Gasteiger partial charge on any atom is 0.328 e. The lowest BCUT2D eigenvalue weighted by Crippen LogP contribution is -2.28. The van der Waals surface area contributed by atoms with Gasteiger partial charge in [-0.2, -0.15) is 0 Å². The second-order valence-electron chi connectivity index (χ2n) is 5.58. The quantitative estimate of drug-likeness (QED) is 0.599. The maximum atomic E-state index is 11.9. The minimum atomic E-state index is -0.723. The predicted octanol–water partition coefficient (Wildman–Crippen LogP) is 1.48. The summed E-state index contributed by atoms with van der Waals surface area (Å²) in [5.41, 5.74) is -0.765. The lowest BCUT2D eigenvalue weighted by Gasteiger charge is -2.18. The summed E-state index contributed by atoms with van der Waals surface area (Å²) < 4.78 is 0. The van der Waals surface area contributed by atoms with E-state index in [1.54, 1.807) is 0 Å². The van der Waals surface area contributed by atoms with Gasteiger partial charge in [-0.25, -0.2) is 4.79 Å². The molecule has 1 aromatic rings. The molecule has 0 saturated heterocycles. The molecule has 0 fully saturated rings. The molecule has 0 saturated carbocycles. The van der Waals surface area contributed by atoms with E-state index >= 15 is 0 Å². The monoisotopic (exact) mass is 324 g/mol. The second-order valence-corrected chi connectivity index (χ2v) is 5.58. The van der Waals surface area contributed by atoms with Crippen molar-refractivity contribution in [1.29, 1.82) is 0 Å². The average molecular weight is 324 g/mol. The molecule has 1 aromatic heterocycles. The van der Waals surface area contributed by atoms with E-state index in [0.717, 1.165) is 32.5 Å². The summed E-state index contributed by atoms with van der Waals surface area (Å²) in [7, 11) is 0. The summed E-state index contributed by atoms with van der Waals surface area (Å²) in [6, 6.07) is 0.0474. The van der Waals surface area contributed by atoms with E-state index < -0.39 is 17.1 Å². The van der Waals surface area contributed by atoms with Gasteiger partial charge in [0.05, 0.1) is 5.71 Å². The molecule has 1 atom stereocenters. The normalized spacial score (nSPS) is 13.5. The minimum absolute atomic E-state index is 0.0474. The van der Waals surface area contributed by atoms with Crippen LogP contribution in [-0.4, -0.2) is 51.4 Å². The highest BCUT2D eigenvalue weighted by atomic mass is 16.3. The fourth-order valence-electron chi connectivity index (χ4n) is 2.56. The molecular formula is C16H28N4O3. The zero-order chi connectivity index (χ0) is 17.4. The van der Waals surface area contributed by atoms with Crippen LogP contribution in [0.2, 0.25) is 0 Å². The Kier molecular flexibility index (Phi) is 7.74. The van der Waals surface area contributed by atoms with Crippen LogP contribution in [0.1, 0.15) is 52.5 Å². The number of hydrogen-bond donors (Lipinski definition) is 3. The summed E-state index contributed by atoms with van der Waals surface area (Å²) >= 11 is 0. The number of aromatic hydroxyl groups is 1. The third-order valence-corrected chi connectivity index (χ3v) is 3.91. The Morgan fingerprint density at radius 2 is 1.87 bits per heavy atom. The van der Waals surface area contributed by atoms with Crippen LogP contribution >= 0.6 is 0 Å². The van der Waals surface area contributed by atoms with E-state index in [2.05, 4.69) is 33.7 Å². The van der Waals surface area contributed by atoms with Crippen LogP contribution in [-0.2, 0) is 0 Å². The molecule has 0 unspecified atom stereocenters. The summed E-state index contributed by atoms with van der Waals surface area (Å²) in [5, 5.41) is 9.84. The summed E-state index contributed by atoms with van der Waals surface area (Å²) in [6.07, 6.45) is 2.43. The molecule has 0 radical (unpaired) electrons. The first-order chi connectivity index (χ1) is 10.9. The molecule has 0 amide bonds. The van der Waals surface area contributed by atoms with Crippen LogP contribution in [0.15, 0.2) is 14.6 Å². The standard InChI is InChI=1S/C16H28N4O3/c1-5-12(13-14(21)18-16(23)19-15(13)22)17-11(4)9-8-10-20(6-2)7-3/h11H,5-10H2,1-4H3,(H3,18,19,21,22,23)/t11-/m1/s1. The van der Waals surface area contributed by atoms with Crippen molar-refractivity contribution in [3.63, 3.8) is 0 Å². The SMILES string of the molecule is CCC(=N[C@H](C)CCCN(CC)CC)c1c(O)[nH]c(=O)[nH]c1=O. The van der Waals surface area contributed by atoms with E-state index in [1.165, 1.54) is 0 Å². The Morgan fingerprint density at radius 1 is 1.22 bits per heavy atom. The number of aromatic nitrogens is 2. The molecule has 7 heteroatoms. The van der Waals surface area contributed by atoms with Gasteiger partial charge in [-0.1, -0.05) is 20.8 Å². The molecule has 1 rings (SSSR count). The van der Waals surface area contributed by atoms with Crippen molar-refractivity contribution in [2.45, 2.75) is 53.0 Å². The van der Waals surface area contributed by atoms with E-state index in [9.17, 15) is 14.7 Å². The van der Waals surface area contributed by atoms with Crippen molar-refractivity contribution in [3.8, 4) is 5.88 Å². The highest BCUT2D eigenvalue weighted by Gasteiger charge is 2.15. The van der Waals surface area contributed by atoms with Gasteiger partial charge >= 0.3 is 5.69 Å². The lowest BCUT2D eigenvalue weighted by molar-refractivity contribution is 0.294. The number of aromatic amines is 2. The van der Waals surface area contributed by atoms with Gasteiger partial charge in [-0.05, 0) is 45.8 Å². The molecule has 130 valence electrons.